The van der Waals surface area contributed by atoms with E-state index in [9.17, 15) is 0 Å². The molecule has 6 aromatic rings. The molecule has 0 aromatic heterocycles. The second kappa shape index (κ2) is 14.0. The molecule has 7 rings (SSSR count). The van der Waals surface area contributed by atoms with E-state index in [2.05, 4.69) is 183 Å². The highest BCUT2D eigenvalue weighted by molar-refractivity contribution is 5.78. The average Bonchev–Trinajstić information content (AvgIpc) is 3.12. The summed E-state index contributed by atoms with van der Waals surface area (Å²) >= 11 is 0. The van der Waals surface area contributed by atoms with E-state index in [1.165, 1.54) is 93.2 Å². The molecule has 0 aliphatic heterocycles. The van der Waals surface area contributed by atoms with Crippen LogP contribution in [0.15, 0.2) is 146 Å². The molecule has 0 N–H and O–H groups in total. The van der Waals surface area contributed by atoms with E-state index >= 15 is 0 Å². The summed E-state index contributed by atoms with van der Waals surface area (Å²) in [7, 11) is 0. The maximum atomic E-state index is 2.38. The van der Waals surface area contributed by atoms with E-state index in [-0.39, 0.29) is 0 Å². The van der Waals surface area contributed by atoms with Crippen molar-refractivity contribution in [3.63, 3.8) is 0 Å². The van der Waals surface area contributed by atoms with Crippen molar-refractivity contribution in [2.75, 3.05) is 9.80 Å². The molecule has 0 amide bonds. The van der Waals surface area contributed by atoms with Crippen LogP contribution in [0, 0.1) is 27.7 Å². The average molecular weight is 627 g/mol. The molecule has 1 fully saturated rings. The minimum absolute atomic E-state index is 0.571. The van der Waals surface area contributed by atoms with Gasteiger partial charge in [-0.25, -0.2) is 0 Å². The number of benzene rings is 6. The zero-order chi connectivity index (χ0) is 33.0. The minimum Gasteiger partial charge on any atom is -0.311 e. The van der Waals surface area contributed by atoms with Crippen LogP contribution in [0.3, 0.4) is 0 Å². The lowest BCUT2D eigenvalue weighted by Gasteiger charge is -2.31. The van der Waals surface area contributed by atoms with Crippen molar-refractivity contribution in [2.45, 2.75) is 65.2 Å². The van der Waals surface area contributed by atoms with Crippen molar-refractivity contribution >= 4 is 34.1 Å². The van der Waals surface area contributed by atoms with Gasteiger partial charge in [0.1, 0.15) is 0 Å². The lowest BCUT2D eigenvalue weighted by Crippen LogP contribution is -2.14. The molecular weight excluding hydrogens is 581 g/mol. The first-order valence-electron chi connectivity index (χ1n) is 17.5. The smallest absolute Gasteiger partial charge is 0.0461 e. The first-order chi connectivity index (χ1) is 23.4. The van der Waals surface area contributed by atoms with Gasteiger partial charge in [0, 0.05) is 34.1 Å². The molecule has 0 bridgehead atoms. The zero-order valence-corrected chi connectivity index (χ0v) is 28.7. The normalized spacial score (nSPS) is 16.0. The van der Waals surface area contributed by atoms with Gasteiger partial charge in [-0.3, -0.25) is 0 Å². The Morgan fingerprint density at radius 2 is 0.562 bits per heavy atom. The monoisotopic (exact) mass is 626 g/mol. The van der Waals surface area contributed by atoms with Gasteiger partial charge >= 0.3 is 0 Å². The Morgan fingerprint density at radius 1 is 0.333 bits per heavy atom. The van der Waals surface area contributed by atoms with Crippen LogP contribution in [0.5, 0.6) is 0 Å². The lowest BCUT2D eigenvalue weighted by molar-refractivity contribution is 0.394. The lowest BCUT2D eigenvalue weighted by atomic mass is 9.75. The summed E-state index contributed by atoms with van der Waals surface area (Å²) in [5, 5.41) is 0. The summed E-state index contributed by atoms with van der Waals surface area (Å²) < 4.78 is 0. The van der Waals surface area contributed by atoms with Crippen molar-refractivity contribution in [1.82, 2.24) is 0 Å². The van der Waals surface area contributed by atoms with Crippen LogP contribution in [-0.2, 0) is 0 Å². The molecule has 2 atom stereocenters. The quantitative estimate of drug-likeness (QED) is 0.166. The van der Waals surface area contributed by atoms with Gasteiger partial charge in [0.25, 0.3) is 0 Å². The van der Waals surface area contributed by atoms with Gasteiger partial charge in [0.15, 0.2) is 0 Å². The molecule has 48 heavy (non-hydrogen) atoms. The van der Waals surface area contributed by atoms with Crippen LogP contribution in [0.1, 0.15) is 70.9 Å². The zero-order valence-electron chi connectivity index (χ0n) is 28.7. The third kappa shape index (κ3) is 6.94. The van der Waals surface area contributed by atoms with Gasteiger partial charge in [-0.1, -0.05) is 101 Å². The van der Waals surface area contributed by atoms with Gasteiger partial charge in [-0.05, 0) is 143 Å². The van der Waals surface area contributed by atoms with Crippen LogP contribution in [0.4, 0.5) is 34.1 Å². The third-order valence-electron chi connectivity index (χ3n) is 10.1. The highest BCUT2D eigenvalue weighted by Gasteiger charge is 2.25. The molecule has 2 heteroatoms. The first-order valence-corrected chi connectivity index (χ1v) is 17.5. The van der Waals surface area contributed by atoms with E-state index in [0.29, 0.717) is 11.8 Å². The molecule has 1 aliphatic rings. The summed E-state index contributed by atoms with van der Waals surface area (Å²) in [6, 6.07) is 54.1. The fraction of sp³-hybridized carbons (Fsp3) is 0.217. The number of nitrogens with zero attached hydrogens (tertiary/aromatic N) is 2. The van der Waals surface area contributed by atoms with Crippen molar-refractivity contribution < 1.29 is 0 Å². The number of hydrogen-bond acceptors (Lipinski definition) is 2. The molecule has 240 valence electrons. The Kier molecular flexibility index (Phi) is 9.16. The summed E-state index contributed by atoms with van der Waals surface area (Å²) in [5.74, 6) is 1.14. The molecule has 2 unspecified atom stereocenters. The molecular formula is C46H46N2. The molecule has 0 spiro atoms. The predicted octanol–water partition coefficient (Wildman–Crippen LogP) is 13.3. The van der Waals surface area contributed by atoms with Crippen LogP contribution in [0.25, 0.3) is 0 Å². The highest BCUT2D eigenvalue weighted by atomic mass is 15.1. The second-order valence-electron chi connectivity index (χ2n) is 13.8. The summed E-state index contributed by atoms with van der Waals surface area (Å²) in [4.78, 5) is 4.73. The standard InChI is InChI=1S/C46H46N2/c1-33-8-20-41(21-9-33)47(42-22-10-34(2)11-23-42)45-28-16-37(17-29-45)39-6-5-7-40(32-39)38-18-30-46(31-19-38)48(43-24-12-35(3)13-25-43)44-26-14-36(4)15-27-44/h8-31,39-40H,5-7,32H2,1-4H3. The van der Waals surface area contributed by atoms with E-state index < -0.39 is 0 Å². The van der Waals surface area contributed by atoms with Crippen molar-refractivity contribution in [3.8, 4) is 0 Å². The largest absolute Gasteiger partial charge is 0.311 e. The fourth-order valence-corrected chi connectivity index (χ4v) is 7.26. The van der Waals surface area contributed by atoms with E-state index in [1.54, 1.807) is 0 Å². The third-order valence-corrected chi connectivity index (χ3v) is 10.1. The molecule has 0 radical (unpaired) electrons. The van der Waals surface area contributed by atoms with E-state index in [0.717, 1.165) is 0 Å². The Bertz CT molecular complexity index is 1680. The van der Waals surface area contributed by atoms with Crippen LogP contribution in [-0.4, -0.2) is 0 Å². The number of anilines is 6. The Labute approximate surface area is 287 Å². The van der Waals surface area contributed by atoms with E-state index in [1.807, 2.05) is 0 Å². The molecule has 1 saturated carbocycles. The van der Waals surface area contributed by atoms with Gasteiger partial charge in [0.05, 0.1) is 0 Å². The number of aryl methyl sites for hydroxylation is 4. The minimum atomic E-state index is 0.571. The van der Waals surface area contributed by atoms with E-state index in [4.69, 9.17) is 0 Å². The Morgan fingerprint density at radius 3 is 0.812 bits per heavy atom. The molecule has 1 aliphatic carbocycles. The van der Waals surface area contributed by atoms with Gasteiger partial charge in [0.2, 0.25) is 0 Å². The van der Waals surface area contributed by atoms with Crippen LogP contribution >= 0.6 is 0 Å². The van der Waals surface area contributed by atoms with Gasteiger partial charge < -0.3 is 9.80 Å². The number of hydrogen-bond donors (Lipinski definition) is 0. The summed E-state index contributed by atoms with van der Waals surface area (Å²) in [6.07, 6.45) is 4.96. The van der Waals surface area contributed by atoms with Gasteiger partial charge in [-0.2, -0.15) is 0 Å². The highest BCUT2D eigenvalue weighted by Crippen LogP contribution is 2.44. The summed E-state index contributed by atoms with van der Waals surface area (Å²) in [6.45, 7) is 8.58. The van der Waals surface area contributed by atoms with Crippen LogP contribution in [0.2, 0.25) is 0 Å². The van der Waals surface area contributed by atoms with Crippen molar-refractivity contribution in [3.05, 3.63) is 179 Å². The maximum Gasteiger partial charge on any atom is 0.0461 e. The Hall–Kier alpha value is -5.08. The second-order valence-corrected chi connectivity index (χ2v) is 13.8. The topological polar surface area (TPSA) is 6.48 Å². The molecule has 0 heterocycles. The summed E-state index contributed by atoms with van der Waals surface area (Å²) in [5.41, 5.74) is 15.1. The molecule has 2 nitrogen and oxygen atoms in total. The van der Waals surface area contributed by atoms with Crippen molar-refractivity contribution in [2.24, 2.45) is 0 Å². The maximum absolute atomic E-state index is 2.38. The fourth-order valence-electron chi connectivity index (χ4n) is 7.26. The van der Waals surface area contributed by atoms with Crippen molar-refractivity contribution in [1.29, 1.82) is 0 Å². The first kappa shape index (κ1) is 31.5. The SMILES string of the molecule is Cc1ccc(N(c2ccc(C)cc2)c2ccc(C3CCCC(c4ccc(N(c5ccc(C)cc5)c5ccc(C)cc5)cc4)C3)cc2)cc1. The number of rotatable bonds is 8. The Balaban J connectivity index is 1.11. The molecule has 6 aromatic carbocycles. The molecule has 0 saturated heterocycles. The van der Waals surface area contributed by atoms with Crippen LogP contribution < -0.4 is 9.80 Å². The predicted molar refractivity (Wildman–Crippen MR) is 205 cm³/mol. The van der Waals surface area contributed by atoms with Gasteiger partial charge in [-0.15, -0.1) is 0 Å².